The maximum atomic E-state index is 11.8. The van der Waals surface area contributed by atoms with Crippen LogP contribution in [0.4, 0.5) is 0 Å². The number of likely N-dealkylation sites (N-methyl/N-ethyl adjacent to an activating group) is 1. The van der Waals surface area contributed by atoms with Crippen molar-refractivity contribution < 1.29 is 4.79 Å². The van der Waals surface area contributed by atoms with Crippen molar-refractivity contribution in [3.8, 4) is 0 Å². The molecule has 0 aromatic rings. The standard InChI is InChI=1S/C12H21N3O/c1-9(10-6-13-7-10)12(16)14-8-11-4-3-5-15(11)2/h11,13H,3-8H2,1-2H3,(H,14,16). The summed E-state index contributed by atoms with van der Waals surface area (Å²) in [6, 6.07) is 0.529. The van der Waals surface area contributed by atoms with Gasteiger partial charge in [0.15, 0.2) is 0 Å². The Labute approximate surface area is 97.1 Å². The van der Waals surface area contributed by atoms with E-state index in [4.69, 9.17) is 0 Å². The van der Waals surface area contributed by atoms with E-state index in [-0.39, 0.29) is 5.91 Å². The zero-order valence-corrected chi connectivity index (χ0v) is 10.2. The van der Waals surface area contributed by atoms with Crippen molar-refractivity contribution in [1.82, 2.24) is 15.5 Å². The van der Waals surface area contributed by atoms with Crippen LogP contribution in [0.2, 0.25) is 0 Å². The Hall–Kier alpha value is -0.870. The van der Waals surface area contributed by atoms with Crippen LogP contribution in [0.5, 0.6) is 0 Å². The lowest BCUT2D eigenvalue weighted by Crippen LogP contribution is -2.41. The first-order chi connectivity index (χ1) is 7.68. The second-order valence-electron chi connectivity index (χ2n) is 4.82. The van der Waals surface area contributed by atoms with Gasteiger partial charge in [-0.2, -0.15) is 0 Å². The smallest absolute Gasteiger partial charge is 0.247 e. The van der Waals surface area contributed by atoms with Crippen molar-refractivity contribution in [2.75, 3.05) is 33.2 Å². The fourth-order valence-electron chi connectivity index (χ4n) is 2.26. The average Bonchev–Trinajstić information content (AvgIpc) is 2.57. The summed E-state index contributed by atoms with van der Waals surface area (Å²) in [4.78, 5) is 14.2. The maximum Gasteiger partial charge on any atom is 0.247 e. The molecule has 90 valence electrons. The molecule has 2 heterocycles. The molecule has 2 fully saturated rings. The van der Waals surface area contributed by atoms with E-state index >= 15 is 0 Å². The Kier molecular flexibility index (Phi) is 3.61. The summed E-state index contributed by atoms with van der Waals surface area (Å²) in [6.07, 6.45) is 2.45. The third-order valence-electron chi connectivity index (χ3n) is 3.72. The zero-order valence-electron chi connectivity index (χ0n) is 10.2. The summed E-state index contributed by atoms with van der Waals surface area (Å²) in [7, 11) is 2.13. The average molecular weight is 223 g/mol. The lowest BCUT2D eigenvalue weighted by atomic mass is 10.0. The normalized spacial score (nSPS) is 25.4. The first-order valence-electron chi connectivity index (χ1n) is 6.06. The van der Waals surface area contributed by atoms with Gasteiger partial charge in [-0.25, -0.2) is 0 Å². The largest absolute Gasteiger partial charge is 0.351 e. The van der Waals surface area contributed by atoms with E-state index < -0.39 is 0 Å². The summed E-state index contributed by atoms with van der Waals surface area (Å²) >= 11 is 0. The van der Waals surface area contributed by atoms with Gasteiger partial charge in [0.1, 0.15) is 0 Å². The second-order valence-corrected chi connectivity index (χ2v) is 4.82. The molecule has 2 aliphatic rings. The Bertz CT molecular complexity index is 305. The number of carbonyl (C=O) groups excluding carboxylic acids is 1. The minimum atomic E-state index is 0.108. The van der Waals surface area contributed by atoms with Crippen LogP contribution in [0.3, 0.4) is 0 Å². The molecule has 1 amide bonds. The Balaban J connectivity index is 1.79. The third kappa shape index (κ3) is 2.44. The third-order valence-corrected chi connectivity index (χ3v) is 3.72. The second kappa shape index (κ2) is 4.97. The molecule has 0 aromatic heterocycles. The van der Waals surface area contributed by atoms with Gasteiger partial charge in [-0.1, -0.05) is 0 Å². The van der Waals surface area contributed by atoms with Gasteiger partial charge in [0.2, 0.25) is 5.91 Å². The number of nitrogens with one attached hydrogen (secondary N) is 2. The van der Waals surface area contributed by atoms with Crippen LogP contribution in [0, 0.1) is 0 Å². The highest BCUT2D eigenvalue weighted by atomic mass is 16.1. The number of rotatable bonds is 3. The first-order valence-corrected chi connectivity index (χ1v) is 6.06. The van der Waals surface area contributed by atoms with Gasteiger partial charge >= 0.3 is 0 Å². The van der Waals surface area contributed by atoms with E-state index in [0.717, 1.165) is 31.8 Å². The molecule has 0 spiro atoms. The number of hydrogen-bond acceptors (Lipinski definition) is 3. The predicted octanol–water partition coefficient (Wildman–Crippen LogP) is 0.117. The predicted molar refractivity (Wildman–Crippen MR) is 64.2 cm³/mol. The summed E-state index contributed by atoms with van der Waals surface area (Å²) in [6.45, 7) is 5.62. The van der Waals surface area contributed by atoms with E-state index in [1.807, 2.05) is 6.92 Å². The highest BCUT2D eigenvalue weighted by Crippen LogP contribution is 2.14. The molecule has 4 heteroatoms. The van der Waals surface area contributed by atoms with Crippen LogP contribution < -0.4 is 10.6 Å². The fourth-order valence-corrected chi connectivity index (χ4v) is 2.26. The van der Waals surface area contributed by atoms with Gasteiger partial charge in [-0.3, -0.25) is 4.79 Å². The van der Waals surface area contributed by atoms with Gasteiger partial charge in [-0.05, 0) is 38.9 Å². The van der Waals surface area contributed by atoms with Crippen LogP contribution >= 0.6 is 0 Å². The first kappa shape index (κ1) is 11.6. The maximum absolute atomic E-state index is 11.8. The Morgan fingerprint density at radius 2 is 2.31 bits per heavy atom. The lowest BCUT2D eigenvalue weighted by Gasteiger charge is -2.23. The molecule has 0 bridgehead atoms. The van der Waals surface area contributed by atoms with Gasteiger partial charge in [-0.15, -0.1) is 0 Å². The van der Waals surface area contributed by atoms with Crippen molar-refractivity contribution in [1.29, 1.82) is 0 Å². The van der Waals surface area contributed by atoms with Crippen LogP contribution in [0.15, 0.2) is 11.1 Å². The van der Waals surface area contributed by atoms with Crippen LogP contribution in [0.25, 0.3) is 0 Å². The molecule has 0 aliphatic carbocycles. The minimum absolute atomic E-state index is 0.108. The molecule has 4 nitrogen and oxygen atoms in total. The van der Waals surface area contributed by atoms with Crippen LogP contribution in [-0.4, -0.2) is 50.1 Å². The van der Waals surface area contributed by atoms with E-state index in [0.29, 0.717) is 6.04 Å². The number of amides is 1. The van der Waals surface area contributed by atoms with E-state index in [1.54, 1.807) is 0 Å². The fraction of sp³-hybridized carbons (Fsp3) is 0.750. The van der Waals surface area contributed by atoms with Crippen molar-refractivity contribution in [2.45, 2.75) is 25.8 Å². The molecule has 0 aromatic carbocycles. The monoisotopic (exact) mass is 223 g/mol. The number of likely N-dealkylation sites (tertiary alicyclic amines) is 1. The van der Waals surface area contributed by atoms with E-state index in [9.17, 15) is 4.79 Å². The van der Waals surface area contributed by atoms with Crippen LogP contribution in [0.1, 0.15) is 19.8 Å². The van der Waals surface area contributed by atoms with Gasteiger partial charge in [0, 0.05) is 31.2 Å². The van der Waals surface area contributed by atoms with E-state index in [1.165, 1.54) is 18.4 Å². The van der Waals surface area contributed by atoms with Crippen molar-refractivity contribution in [2.24, 2.45) is 0 Å². The summed E-state index contributed by atoms with van der Waals surface area (Å²) in [5.74, 6) is 0.108. The highest BCUT2D eigenvalue weighted by Gasteiger charge is 2.22. The van der Waals surface area contributed by atoms with Gasteiger partial charge in [0.25, 0.3) is 0 Å². The molecule has 2 rings (SSSR count). The molecule has 16 heavy (non-hydrogen) atoms. The van der Waals surface area contributed by atoms with Crippen LogP contribution in [-0.2, 0) is 4.79 Å². The van der Waals surface area contributed by atoms with Crippen molar-refractivity contribution >= 4 is 5.91 Å². The molecule has 1 unspecified atom stereocenters. The molecular weight excluding hydrogens is 202 g/mol. The molecule has 2 N–H and O–H groups in total. The Morgan fingerprint density at radius 3 is 2.81 bits per heavy atom. The molecule has 1 atom stereocenters. The summed E-state index contributed by atoms with van der Waals surface area (Å²) < 4.78 is 0. The molecule has 0 saturated carbocycles. The van der Waals surface area contributed by atoms with E-state index in [2.05, 4.69) is 22.6 Å². The highest BCUT2D eigenvalue weighted by molar-refractivity contribution is 5.93. The molecule has 2 saturated heterocycles. The number of nitrogens with zero attached hydrogens (tertiary/aromatic N) is 1. The molecule has 2 aliphatic heterocycles. The Morgan fingerprint density at radius 1 is 1.56 bits per heavy atom. The van der Waals surface area contributed by atoms with Crippen molar-refractivity contribution in [3.05, 3.63) is 11.1 Å². The summed E-state index contributed by atoms with van der Waals surface area (Å²) in [5.41, 5.74) is 2.15. The SMILES string of the molecule is CC(C(=O)NCC1CCCN1C)=C1CNC1. The minimum Gasteiger partial charge on any atom is -0.351 e. The zero-order chi connectivity index (χ0) is 11.5. The van der Waals surface area contributed by atoms with Gasteiger partial charge in [0.05, 0.1) is 0 Å². The topological polar surface area (TPSA) is 44.4 Å². The number of hydrogen-bond donors (Lipinski definition) is 2. The van der Waals surface area contributed by atoms with Gasteiger partial charge < -0.3 is 15.5 Å². The number of carbonyl (C=O) groups is 1. The quantitative estimate of drug-likeness (QED) is 0.668. The summed E-state index contributed by atoms with van der Waals surface area (Å²) in [5, 5.41) is 6.19. The molecule has 0 radical (unpaired) electrons. The lowest BCUT2D eigenvalue weighted by molar-refractivity contribution is -0.117. The molecular formula is C12H21N3O. The van der Waals surface area contributed by atoms with Crippen molar-refractivity contribution in [3.63, 3.8) is 0 Å².